The van der Waals surface area contributed by atoms with Crippen LogP contribution in [0.3, 0.4) is 0 Å². The van der Waals surface area contributed by atoms with E-state index in [0.717, 1.165) is 0 Å². The van der Waals surface area contributed by atoms with Crippen LogP contribution in [-0.4, -0.2) is 130 Å². The van der Waals surface area contributed by atoms with E-state index >= 15 is 0 Å². The Morgan fingerprint density at radius 3 is 1.88 bits per heavy atom. The number of hydrogen-bond acceptors (Lipinski definition) is 9. The van der Waals surface area contributed by atoms with Gasteiger partial charge >= 0.3 is 71.1 Å². The van der Waals surface area contributed by atoms with E-state index in [0.29, 0.717) is 36.8 Å². The summed E-state index contributed by atoms with van der Waals surface area (Å²) in [7, 11) is 0. The number of carbonyl (C=O) groups is 5. The molecule has 0 aromatic heterocycles. The molecule has 1 fully saturated rings. The molecule has 222 valence electrons. The molecule has 0 aliphatic heterocycles. The number of Topliss-reactive ketones (excluding diaryl/α,β-unsaturated/α-hetero) is 2. The Hall–Kier alpha value is -2.78. The number of nitrogens with two attached hydrogens (primary N) is 2. The maximum absolute atomic E-state index is 12.8. The predicted octanol–water partition coefficient (Wildman–Crippen LogP) is -0.0840. The van der Waals surface area contributed by atoms with Crippen molar-refractivity contribution in [2.24, 2.45) is 23.3 Å². The Morgan fingerprint density at radius 2 is 1.35 bits per heavy atom. The van der Waals surface area contributed by atoms with Gasteiger partial charge in [0.15, 0.2) is 36.3 Å². The molecule has 0 spiro atoms. The second-order valence-corrected chi connectivity index (χ2v) is 9.66. The monoisotopic (exact) mass is 616 g/mol. The van der Waals surface area contributed by atoms with Gasteiger partial charge in [0.05, 0.1) is 12.6 Å². The van der Waals surface area contributed by atoms with Crippen molar-refractivity contribution < 1.29 is 43.7 Å². The van der Waals surface area contributed by atoms with Gasteiger partial charge in [0.2, 0.25) is 5.91 Å². The van der Waals surface area contributed by atoms with Gasteiger partial charge in [0.25, 0.3) is 0 Å². The summed E-state index contributed by atoms with van der Waals surface area (Å²) >= 11 is 0. The molecular weight excluding hydrogens is 582 g/mol. The minimum atomic E-state index is -1.28. The van der Waals surface area contributed by atoms with E-state index in [1.54, 1.807) is 24.3 Å². The van der Waals surface area contributed by atoms with Crippen LogP contribution in [0.5, 0.6) is 11.5 Å². The number of nitrogens with one attached hydrogen (secondary N) is 2. The molecule has 1 aliphatic rings. The van der Waals surface area contributed by atoms with Gasteiger partial charge in [-0.05, 0) is 49.8 Å². The van der Waals surface area contributed by atoms with Crippen LogP contribution >= 0.6 is 0 Å². The van der Waals surface area contributed by atoms with E-state index in [4.69, 9.17) is 36.6 Å². The molecule has 1 amide bonds. The number of carbonyl (C=O) groups excluding carboxylic acids is 3. The molecule has 13 nitrogen and oxygen atoms in total. The molecule has 8 N–H and O–H groups in total. The number of carboxylic acids is 2. The molecule has 0 radical (unpaired) electrons. The molecule has 1 aliphatic carbocycles. The molecule has 43 heavy (non-hydrogen) atoms. The molecule has 0 saturated heterocycles. The summed E-state index contributed by atoms with van der Waals surface area (Å²) < 4.78 is 10.2. The normalized spacial score (nSPS) is 16.3. The standard InChI is InChI=1S/C28H32N4O9.2Na.2H/c29-25(26(38)16-3-5-17(6-4-16)27(30)31)15-1-7-18(8-2-15)28(39)32-12-20(33)19-9-10-21(40-13-23(34)35)22(11-19)41-14-24(36)37;;;;/h3-6,9-11,15,18,25H,1-2,7-8,12-14,29H2,(H3,30,31)(H,32,39)(H,34,35)(H,36,37);;;;/t15-,18-,25?;;;;. The minimum absolute atomic E-state index is 0. The number of nitrogen functional groups attached to an aromatic ring is 1. The van der Waals surface area contributed by atoms with E-state index in [1.165, 1.54) is 18.2 Å². The van der Waals surface area contributed by atoms with Crippen molar-refractivity contribution in [3.05, 3.63) is 59.2 Å². The molecule has 2 aromatic rings. The van der Waals surface area contributed by atoms with Gasteiger partial charge in [0.1, 0.15) is 5.84 Å². The average molecular weight is 617 g/mol. The van der Waals surface area contributed by atoms with E-state index in [2.05, 4.69) is 5.32 Å². The first-order chi connectivity index (χ1) is 19.5. The van der Waals surface area contributed by atoms with Gasteiger partial charge in [-0.25, -0.2) is 9.59 Å². The van der Waals surface area contributed by atoms with Gasteiger partial charge in [-0.15, -0.1) is 0 Å². The molecular formula is C28H34N4Na2O9. The summed E-state index contributed by atoms with van der Waals surface area (Å²) in [4.78, 5) is 60.0. The molecule has 1 unspecified atom stereocenters. The zero-order chi connectivity index (χ0) is 30.1. The van der Waals surface area contributed by atoms with E-state index < -0.39 is 37.0 Å². The van der Waals surface area contributed by atoms with Crippen LogP contribution in [0.15, 0.2) is 42.5 Å². The first-order valence-corrected chi connectivity index (χ1v) is 12.8. The van der Waals surface area contributed by atoms with Crippen LogP contribution < -0.4 is 26.3 Å². The average Bonchev–Trinajstić information content (AvgIpc) is 2.96. The van der Waals surface area contributed by atoms with E-state index in [1.807, 2.05) is 0 Å². The Morgan fingerprint density at radius 1 is 0.837 bits per heavy atom. The van der Waals surface area contributed by atoms with Gasteiger partial charge in [-0.1, -0.05) is 24.3 Å². The number of benzene rings is 2. The number of carboxylic acid groups (broad SMARTS) is 2. The van der Waals surface area contributed by atoms with Gasteiger partial charge in [0, 0.05) is 22.6 Å². The van der Waals surface area contributed by atoms with Crippen LogP contribution in [0.4, 0.5) is 0 Å². The van der Waals surface area contributed by atoms with Crippen molar-refractivity contribution in [1.29, 1.82) is 5.41 Å². The third-order valence-electron chi connectivity index (χ3n) is 6.82. The summed E-state index contributed by atoms with van der Waals surface area (Å²) in [5, 5.41) is 27.8. The second kappa shape index (κ2) is 18.1. The van der Waals surface area contributed by atoms with Crippen molar-refractivity contribution in [3.8, 4) is 11.5 Å². The number of hydrogen-bond donors (Lipinski definition) is 6. The van der Waals surface area contributed by atoms with Gasteiger partial charge < -0.3 is 36.5 Å². The van der Waals surface area contributed by atoms with Crippen LogP contribution in [0.1, 0.15) is 52.0 Å². The number of ether oxygens (including phenoxy) is 2. The summed E-state index contributed by atoms with van der Waals surface area (Å²) in [6, 6.07) is 9.51. The molecule has 1 atom stereocenters. The van der Waals surface area contributed by atoms with Crippen LogP contribution in [-0.2, 0) is 14.4 Å². The number of amides is 1. The van der Waals surface area contributed by atoms with Gasteiger partial charge in [-0.3, -0.25) is 19.8 Å². The number of aliphatic carboxylic acids is 2. The molecule has 2 aromatic carbocycles. The first kappa shape index (κ1) is 38.2. The topological polar surface area (TPSA) is 232 Å². The van der Waals surface area contributed by atoms with Crippen LogP contribution in [0.2, 0.25) is 0 Å². The number of ketones is 2. The molecule has 0 heterocycles. The number of amidine groups is 1. The maximum atomic E-state index is 12.8. The quantitative estimate of drug-likeness (QED) is 0.0711. The van der Waals surface area contributed by atoms with E-state index in [-0.39, 0.29) is 112 Å². The zero-order valence-corrected chi connectivity index (χ0v) is 22.1. The SMILES string of the molecule is N=C(N)c1ccc(C(=O)C(N)[C@H]2CC[C@H](C(=O)NCC(=O)c3ccc(OCC(=O)O)c(OCC(=O)O)c3)CC2)cc1.[NaH].[NaH]. The third kappa shape index (κ3) is 11.3. The molecule has 1 saturated carbocycles. The van der Waals surface area contributed by atoms with Crippen molar-refractivity contribution >= 4 is 94.4 Å². The first-order valence-electron chi connectivity index (χ1n) is 12.8. The van der Waals surface area contributed by atoms with Crippen molar-refractivity contribution in [1.82, 2.24) is 5.32 Å². The fourth-order valence-corrected chi connectivity index (χ4v) is 4.57. The van der Waals surface area contributed by atoms with Crippen molar-refractivity contribution in [3.63, 3.8) is 0 Å². The molecule has 15 heteroatoms. The summed E-state index contributed by atoms with van der Waals surface area (Å²) in [6.45, 7) is -1.75. The zero-order valence-electron chi connectivity index (χ0n) is 22.1. The Balaban J connectivity index is 0.00000462. The number of rotatable bonds is 14. The van der Waals surface area contributed by atoms with Crippen molar-refractivity contribution in [2.75, 3.05) is 19.8 Å². The van der Waals surface area contributed by atoms with Crippen molar-refractivity contribution in [2.45, 2.75) is 31.7 Å². The Bertz CT molecular complexity index is 1330. The third-order valence-corrected chi connectivity index (χ3v) is 6.82. The summed E-state index contributed by atoms with van der Waals surface area (Å²) in [5.41, 5.74) is 12.8. The Kier molecular flexibility index (Phi) is 16.1. The molecule has 3 rings (SSSR count). The molecule has 0 bridgehead atoms. The summed E-state index contributed by atoms with van der Waals surface area (Å²) in [6.07, 6.45) is 2.12. The summed E-state index contributed by atoms with van der Waals surface area (Å²) in [5.74, 6) is -4.24. The second-order valence-electron chi connectivity index (χ2n) is 9.66. The van der Waals surface area contributed by atoms with Crippen LogP contribution in [0.25, 0.3) is 0 Å². The fraction of sp³-hybridized carbons (Fsp3) is 0.357. The Labute approximate surface area is 292 Å². The van der Waals surface area contributed by atoms with E-state index in [9.17, 15) is 24.0 Å². The predicted molar refractivity (Wildman–Crippen MR) is 160 cm³/mol. The van der Waals surface area contributed by atoms with Crippen LogP contribution in [0, 0.1) is 17.2 Å². The fourth-order valence-electron chi connectivity index (χ4n) is 4.57. The van der Waals surface area contributed by atoms with Gasteiger partial charge in [-0.2, -0.15) is 0 Å².